The van der Waals surface area contributed by atoms with Gasteiger partial charge in [0.2, 0.25) is 0 Å². The van der Waals surface area contributed by atoms with Crippen LogP contribution >= 0.6 is 0 Å². The number of ether oxygens (including phenoxy) is 1. The molecule has 0 aliphatic rings. The Morgan fingerprint density at radius 2 is 1.17 bits per heavy atom. The van der Waals surface area contributed by atoms with Crippen molar-refractivity contribution in [1.29, 1.82) is 0 Å². The first-order valence-electron chi connectivity index (χ1n) is 9.62. The molecule has 3 rings (SSSR count). The normalized spacial score (nSPS) is 14.5. The van der Waals surface area contributed by atoms with Gasteiger partial charge in [-0.05, 0) is 50.6 Å². The highest BCUT2D eigenvalue weighted by Gasteiger charge is 2.36. The average molecular weight is 427 g/mol. The maximum atomic E-state index is 13.7. The van der Waals surface area contributed by atoms with Crippen LogP contribution in [0.4, 0.5) is 0 Å². The molecule has 0 aromatic heterocycles. The Kier molecular flexibility index (Phi) is 7.53. The Bertz CT molecular complexity index is 910. The second-order valence-electron chi connectivity index (χ2n) is 6.88. The highest BCUT2D eigenvalue weighted by atomic mass is 32.2. The summed E-state index contributed by atoms with van der Waals surface area (Å²) in [4.78, 5) is 1.31. The Morgan fingerprint density at radius 3 is 1.59 bits per heavy atom. The van der Waals surface area contributed by atoms with E-state index in [9.17, 15) is 8.42 Å². The molecule has 3 aromatic rings. The topological polar surface area (TPSA) is 43.4 Å². The summed E-state index contributed by atoms with van der Waals surface area (Å²) in [6.07, 6.45) is -0.550. The van der Waals surface area contributed by atoms with E-state index in [4.69, 9.17) is 4.74 Å². The van der Waals surface area contributed by atoms with Gasteiger partial charge in [0, 0.05) is 16.4 Å². The standard InChI is InChI=1S/C24H26O3S2/c1-4-27-23(20-8-6-5-7-9-20)24(28(25)21-14-10-18(2)11-15-21)29(26)22-16-12-19(3)13-17-22/h5-17,23-24H,4H2,1-3H3/t23-,28-,29-/m0/s1. The molecule has 0 amide bonds. The molecule has 0 saturated carbocycles. The van der Waals surface area contributed by atoms with Crippen LogP contribution in [0.2, 0.25) is 0 Å². The van der Waals surface area contributed by atoms with Crippen LogP contribution in [-0.4, -0.2) is 19.6 Å². The van der Waals surface area contributed by atoms with E-state index in [0.29, 0.717) is 16.4 Å². The number of rotatable bonds is 8. The lowest BCUT2D eigenvalue weighted by Gasteiger charge is -2.26. The van der Waals surface area contributed by atoms with E-state index in [-0.39, 0.29) is 0 Å². The zero-order valence-electron chi connectivity index (χ0n) is 16.9. The van der Waals surface area contributed by atoms with E-state index in [1.165, 1.54) is 0 Å². The molecule has 0 N–H and O–H groups in total. The molecule has 0 heterocycles. The predicted molar refractivity (Wildman–Crippen MR) is 120 cm³/mol. The van der Waals surface area contributed by atoms with Crippen LogP contribution in [0, 0.1) is 13.8 Å². The zero-order valence-corrected chi connectivity index (χ0v) is 18.5. The van der Waals surface area contributed by atoms with E-state index in [1.54, 1.807) is 0 Å². The molecule has 0 unspecified atom stereocenters. The summed E-state index contributed by atoms with van der Waals surface area (Å²) < 4.78 is 32.6. The van der Waals surface area contributed by atoms with E-state index < -0.39 is 32.3 Å². The molecule has 0 aliphatic carbocycles. The quantitative estimate of drug-likeness (QED) is 0.489. The Labute approximate surface area is 178 Å². The molecule has 5 heteroatoms. The third kappa shape index (κ3) is 5.30. The van der Waals surface area contributed by atoms with Gasteiger partial charge in [-0.25, -0.2) is 0 Å². The molecular weight excluding hydrogens is 400 g/mol. The molecule has 3 aromatic carbocycles. The highest BCUT2D eigenvalue weighted by molar-refractivity contribution is 8.03. The number of aryl methyl sites for hydroxylation is 2. The first-order chi connectivity index (χ1) is 14.0. The maximum absolute atomic E-state index is 13.7. The van der Waals surface area contributed by atoms with Crippen molar-refractivity contribution in [2.75, 3.05) is 6.61 Å². The number of hydrogen-bond acceptors (Lipinski definition) is 3. The molecule has 0 radical (unpaired) electrons. The zero-order chi connectivity index (χ0) is 20.8. The van der Waals surface area contributed by atoms with Crippen LogP contribution in [0.25, 0.3) is 0 Å². The van der Waals surface area contributed by atoms with Gasteiger partial charge in [-0.15, -0.1) is 0 Å². The predicted octanol–water partition coefficient (Wildman–Crippen LogP) is 5.32. The fraction of sp³-hybridized carbons (Fsp3) is 0.250. The van der Waals surface area contributed by atoms with Gasteiger partial charge >= 0.3 is 0 Å². The minimum atomic E-state index is -1.52. The smallest absolute Gasteiger partial charge is 0.149 e. The lowest BCUT2D eigenvalue weighted by Crippen LogP contribution is -2.31. The molecule has 0 spiro atoms. The number of benzene rings is 3. The second kappa shape index (κ2) is 10.1. The lowest BCUT2D eigenvalue weighted by molar-refractivity contribution is 0.0730. The Hall–Kier alpha value is -2.08. The maximum Gasteiger partial charge on any atom is 0.149 e. The summed E-state index contributed by atoms with van der Waals surface area (Å²) >= 11 is 0. The Balaban J connectivity index is 2.08. The van der Waals surface area contributed by atoms with Crippen molar-refractivity contribution < 1.29 is 13.2 Å². The summed E-state index contributed by atoms with van der Waals surface area (Å²) in [7, 11) is -3.05. The summed E-state index contributed by atoms with van der Waals surface area (Å²) in [6, 6.07) is 24.7. The van der Waals surface area contributed by atoms with Crippen molar-refractivity contribution in [3.63, 3.8) is 0 Å². The van der Waals surface area contributed by atoms with Crippen LogP contribution in [0.1, 0.15) is 29.7 Å². The van der Waals surface area contributed by atoms with Gasteiger partial charge in [-0.1, -0.05) is 65.7 Å². The van der Waals surface area contributed by atoms with Crippen LogP contribution in [0.15, 0.2) is 88.7 Å². The van der Waals surface area contributed by atoms with Crippen molar-refractivity contribution in [2.24, 2.45) is 0 Å². The van der Waals surface area contributed by atoms with Gasteiger partial charge in [0.1, 0.15) is 10.7 Å². The van der Waals surface area contributed by atoms with E-state index >= 15 is 0 Å². The van der Waals surface area contributed by atoms with Crippen molar-refractivity contribution >= 4 is 21.6 Å². The molecule has 0 bridgehead atoms. The average Bonchev–Trinajstić information content (AvgIpc) is 2.74. The van der Waals surface area contributed by atoms with Gasteiger partial charge in [0.05, 0.1) is 21.6 Å². The fourth-order valence-corrected chi connectivity index (χ4v) is 6.64. The molecule has 29 heavy (non-hydrogen) atoms. The second-order valence-corrected chi connectivity index (χ2v) is 10.3. The minimum absolute atomic E-state index is 0.437. The van der Waals surface area contributed by atoms with Crippen LogP contribution in [0.5, 0.6) is 0 Å². The van der Waals surface area contributed by atoms with Gasteiger partial charge in [-0.3, -0.25) is 8.42 Å². The van der Waals surface area contributed by atoms with Gasteiger partial charge in [0.15, 0.2) is 0 Å². The van der Waals surface area contributed by atoms with Crippen molar-refractivity contribution in [1.82, 2.24) is 0 Å². The van der Waals surface area contributed by atoms with Crippen molar-refractivity contribution in [3.05, 3.63) is 95.6 Å². The van der Waals surface area contributed by atoms with Crippen molar-refractivity contribution in [3.8, 4) is 0 Å². The van der Waals surface area contributed by atoms with E-state index in [2.05, 4.69) is 0 Å². The van der Waals surface area contributed by atoms with E-state index in [1.807, 2.05) is 99.6 Å². The first kappa shape index (κ1) is 21.6. The summed E-state index contributed by atoms with van der Waals surface area (Å²) in [6.45, 7) is 6.31. The minimum Gasteiger partial charge on any atom is -0.372 e. The third-order valence-electron chi connectivity index (χ3n) is 4.65. The SMILES string of the molecule is CCO[C@@H](c1ccccc1)C([S@@](=O)c1ccc(C)cc1)[S@@](=O)c1ccc(C)cc1. The number of hydrogen-bond donors (Lipinski definition) is 0. The first-order valence-corrected chi connectivity index (χ1v) is 12.0. The Morgan fingerprint density at radius 1 is 0.724 bits per heavy atom. The van der Waals surface area contributed by atoms with Gasteiger partial charge < -0.3 is 4.74 Å². The van der Waals surface area contributed by atoms with Crippen LogP contribution in [-0.2, 0) is 26.3 Å². The molecule has 3 atom stereocenters. The summed E-state index contributed by atoms with van der Waals surface area (Å²) in [5.74, 6) is 0. The molecular formula is C24H26O3S2. The molecule has 152 valence electrons. The third-order valence-corrected chi connectivity index (χ3v) is 8.51. The lowest BCUT2D eigenvalue weighted by atomic mass is 10.1. The monoisotopic (exact) mass is 426 g/mol. The van der Waals surface area contributed by atoms with Gasteiger partial charge in [0.25, 0.3) is 0 Å². The molecule has 3 nitrogen and oxygen atoms in total. The fourth-order valence-electron chi connectivity index (χ4n) is 3.07. The van der Waals surface area contributed by atoms with Crippen LogP contribution < -0.4 is 0 Å². The van der Waals surface area contributed by atoms with E-state index in [0.717, 1.165) is 16.7 Å². The van der Waals surface area contributed by atoms with Crippen molar-refractivity contribution in [2.45, 2.75) is 41.2 Å². The molecule has 0 aliphatic heterocycles. The summed E-state index contributed by atoms with van der Waals surface area (Å²) in [5.41, 5.74) is 3.05. The largest absolute Gasteiger partial charge is 0.372 e. The highest BCUT2D eigenvalue weighted by Crippen LogP contribution is 2.33. The van der Waals surface area contributed by atoms with Crippen LogP contribution in [0.3, 0.4) is 0 Å². The summed E-state index contributed by atoms with van der Waals surface area (Å²) in [5, 5.41) is 0. The van der Waals surface area contributed by atoms with Gasteiger partial charge in [-0.2, -0.15) is 0 Å². The molecule has 0 fully saturated rings. The molecule has 0 saturated heterocycles.